The van der Waals surface area contributed by atoms with E-state index in [0.29, 0.717) is 0 Å². The molecule has 0 aromatic carbocycles. The van der Waals surface area contributed by atoms with Crippen molar-refractivity contribution in [1.29, 1.82) is 0 Å². The summed E-state index contributed by atoms with van der Waals surface area (Å²) in [5.41, 5.74) is 0. The molecule has 1 rings (SSSR count). The van der Waals surface area contributed by atoms with E-state index in [0.717, 1.165) is 0 Å². The minimum absolute atomic E-state index is 0.722. The zero-order valence-electron chi connectivity index (χ0n) is 4.33. The molecular weight excluding hydrogens is 126 g/mol. The third-order valence-corrected chi connectivity index (χ3v) is 0.985. The molecule has 0 unspecified atom stereocenters. The molecule has 9 heavy (non-hydrogen) atoms. The summed E-state index contributed by atoms with van der Waals surface area (Å²) in [6.45, 7) is 0. The Bertz CT molecular complexity index is 185. The molecule has 0 saturated carbocycles. The monoisotopic (exact) mass is 131 g/mol. The quantitative estimate of drug-likeness (QED) is 0.331. The van der Waals surface area contributed by atoms with Crippen LogP contribution < -0.4 is 5.32 Å². The van der Waals surface area contributed by atoms with Crippen molar-refractivity contribution in [2.24, 2.45) is 0 Å². The van der Waals surface area contributed by atoms with Crippen molar-refractivity contribution in [1.82, 2.24) is 5.32 Å². The number of hydrogen-bond acceptors (Lipinski definition) is 4. The van der Waals surface area contributed by atoms with Crippen LogP contribution >= 0.6 is 0 Å². The minimum atomic E-state index is -1.45. The minimum Gasteiger partial charge on any atom is -0.505 e. The van der Waals surface area contributed by atoms with Gasteiger partial charge in [-0.25, -0.2) is 0 Å². The van der Waals surface area contributed by atoms with Crippen LogP contribution in [0.1, 0.15) is 0 Å². The first-order chi connectivity index (χ1) is 4.13. The molecule has 0 fully saturated rings. The lowest BCUT2D eigenvalue weighted by Crippen LogP contribution is -2.28. The fourth-order valence-electron chi connectivity index (χ4n) is 0.507. The summed E-state index contributed by atoms with van der Waals surface area (Å²) >= 11 is 0. The second-order valence-corrected chi connectivity index (χ2v) is 1.61. The van der Waals surface area contributed by atoms with Crippen LogP contribution in [-0.2, 0) is 4.79 Å². The summed E-state index contributed by atoms with van der Waals surface area (Å²) in [6, 6.07) is 0. The Kier molecular flexibility index (Phi) is 1.07. The van der Waals surface area contributed by atoms with Crippen LogP contribution in [0.25, 0.3) is 0 Å². The van der Waals surface area contributed by atoms with Gasteiger partial charge in [0.25, 0.3) is 5.91 Å². The second kappa shape index (κ2) is 1.63. The van der Waals surface area contributed by atoms with Crippen LogP contribution in [0.15, 0.2) is 11.5 Å². The largest absolute Gasteiger partial charge is 0.505 e. The number of carbonyl (C=O) groups excluding carboxylic acids is 1. The SMILES string of the molecule is O=C1N[C@@H](O)C(O)=C1O. The molecule has 0 aromatic rings. The van der Waals surface area contributed by atoms with Gasteiger partial charge in [0, 0.05) is 0 Å². The zero-order valence-corrected chi connectivity index (χ0v) is 4.33. The van der Waals surface area contributed by atoms with Gasteiger partial charge in [-0.3, -0.25) is 4.79 Å². The number of rotatable bonds is 0. The lowest BCUT2D eigenvalue weighted by atomic mass is 10.4. The fraction of sp³-hybridized carbons (Fsp3) is 0.250. The number of aliphatic hydroxyl groups is 3. The molecule has 1 atom stereocenters. The number of hydrogen-bond donors (Lipinski definition) is 4. The van der Waals surface area contributed by atoms with Crippen LogP contribution in [0.4, 0.5) is 0 Å². The first-order valence-corrected chi connectivity index (χ1v) is 2.24. The van der Waals surface area contributed by atoms with Crippen LogP contribution in [0, 0.1) is 0 Å². The van der Waals surface area contributed by atoms with E-state index in [9.17, 15) is 4.79 Å². The van der Waals surface area contributed by atoms with E-state index in [-0.39, 0.29) is 0 Å². The predicted octanol–water partition coefficient (Wildman–Crippen LogP) is -1.24. The lowest BCUT2D eigenvalue weighted by Gasteiger charge is -1.97. The van der Waals surface area contributed by atoms with Crippen molar-refractivity contribution in [3.05, 3.63) is 11.5 Å². The molecule has 0 aromatic heterocycles. The average molecular weight is 131 g/mol. The normalized spacial score (nSPS) is 26.8. The Morgan fingerprint density at radius 2 is 2.00 bits per heavy atom. The first-order valence-electron chi connectivity index (χ1n) is 2.24. The molecule has 5 nitrogen and oxygen atoms in total. The topological polar surface area (TPSA) is 89.8 Å². The molecule has 1 aliphatic rings. The van der Waals surface area contributed by atoms with Gasteiger partial charge in [0.05, 0.1) is 0 Å². The Morgan fingerprint density at radius 1 is 1.44 bits per heavy atom. The number of nitrogens with one attached hydrogen (secondary N) is 1. The van der Waals surface area contributed by atoms with E-state index < -0.39 is 23.7 Å². The zero-order chi connectivity index (χ0) is 7.02. The second-order valence-electron chi connectivity index (χ2n) is 1.61. The van der Waals surface area contributed by atoms with Crippen molar-refractivity contribution in [2.75, 3.05) is 0 Å². The highest BCUT2D eigenvalue weighted by atomic mass is 16.4. The van der Waals surface area contributed by atoms with E-state index in [1.54, 1.807) is 0 Å². The molecule has 1 aliphatic heterocycles. The Hall–Kier alpha value is -1.23. The van der Waals surface area contributed by atoms with Crippen LogP contribution in [0.5, 0.6) is 0 Å². The lowest BCUT2D eigenvalue weighted by molar-refractivity contribution is -0.120. The van der Waals surface area contributed by atoms with Crippen molar-refractivity contribution in [3.63, 3.8) is 0 Å². The standard InChI is InChI=1S/C4H5NO4/c6-1-2(7)4(9)5-3(1)8/h3,6-8H,(H,5,9)/t3-/m0/s1. The molecule has 0 bridgehead atoms. The Balaban J connectivity index is 2.92. The van der Waals surface area contributed by atoms with E-state index in [1.165, 1.54) is 0 Å². The third kappa shape index (κ3) is 0.706. The number of aliphatic hydroxyl groups excluding tert-OH is 3. The van der Waals surface area contributed by atoms with E-state index >= 15 is 0 Å². The summed E-state index contributed by atoms with van der Waals surface area (Å²) in [5.74, 6) is -2.40. The molecule has 4 N–H and O–H groups in total. The van der Waals surface area contributed by atoms with Crippen LogP contribution in [0.2, 0.25) is 0 Å². The van der Waals surface area contributed by atoms with E-state index in [4.69, 9.17) is 15.3 Å². The van der Waals surface area contributed by atoms with Crippen molar-refractivity contribution < 1.29 is 20.1 Å². The van der Waals surface area contributed by atoms with Gasteiger partial charge in [0.1, 0.15) is 0 Å². The van der Waals surface area contributed by atoms with Gasteiger partial charge in [-0.15, -0.1) is 0 Å². The average Bonchev–Trinajstić information content (AvgIpc) is 1.98. The molecule has 1 heterocycles. The number of amides is 1. The van der Waals surface area contributed by atoms with Crippen molar-refractivity contribution >= 4 is 5.91 Å². The summed E-state index contributed by atoms with van der Waals surface area (Å²) in [6.07, 6.45) is -1.45. The molecule has 0 aliphatic carbocycles. The van der Waals surface area contributed by atoms with E-state index in [1.807, 2.05) is 5.32 Å². The highest BCUT2D eigenvalue weighted by molar-refractivity contribution is 5.94. The Morgan fingerprint density at radius 3 is 2.11 bits per heavy atom. The molecule has 0 spiro atoms. The fourth-order valence-corrected chi connectivity index (χ4v) is 0.507. The smallest absolute Gasteiger partial charge is 0.292 e. The van der Waals surface area contributed by atoms with Gasteiger partial charge in [-0.2, -0.15) is 0 Å². The van der Waals surface area contributed by atoms with Gasteiger partial charge in [-0.05, 0) is 0 Å². The highest BCUT2D eigenvalue weighted by Crippen LogP contribution is 2.08. The van der Waals surface area contributed by atoms with Gasteiger partial charge in [0.15, 0.2) is 12.0 Å². The maximum atomic E-state index is 10.3. The van der Waals surface area contributed by atoms with Gasteiger partial charge in [0.2, 0.25) is 5.76 Å². The van der Waals surface area contributed by atoms with Crippen LogP contribution in [-0.4, -0.2) is 27.5 Å². The predicted molar refractivity (Wildman–Crippen MR) is 26.4 cm³/mol. The molecule has 0 saturated heterocycles. The van der Waals surface area contributed by atoms with Gasteiger partial charge < -0.3 is 20.6 Å². The van der Waals surface area contributed by atoms with Crippen molar-refractivity contribution in [2.45, 2.75) is 6.23 Å². The number of carbonyl (C=O) groups is 1. The van der Waals surface area contributed by atoms with Gasteiger partial charge in [-0.1, -0.05) is 0 Å². The summed E-state index contributed by atoms with van der Waals surface area (Å²) < 4.78 is 0. The summed E-state index contributed by atoms with van der Waals surface area (Å²) in [4.78, 5) is 10.3. The third-order valence-electron chi connectivity index (χ3n) is 0.985. The summed E-state index contributed by atoms with van der Waals surface area (Å²) in [7, 11) is 0. The Labute approximate surface area is 50.2 Å². The molecule has 5 heteroatoms. The van der Waals surface area contributed by atoms with Gasteiger partial charge >= 0.3 is 0 Å². The van der Waals surface area contributed by atoms with Crippen molar-refractivity contribution in [3.8, 4) is 0 Å². The highest BCUT2D eigenvalue weighted by Gasteiger charge is 2.29. The maximum Gasteiger partial charge on any atom is 0.292 e. The molecule has 1 amide bonds. The molecule has 0 radical (unpaired) electrons. The first kappa shape index (κ1) is 5.90. The maximum absolute atomic E-state index is 10.3. The van der Waals surface area contributed by atoms with E-state index in [2.05, 4.69) is 0 Å². The molecular formula is C4H5NO4. The summed E-state index contributed by atoms with van der Waals surface area (Å²) in [5, 5.41) is 27.4. The van der Waals surface area contributed by atoms with Crippen LogP contribution in [0.3, 0.4) is 0 Å². The molecule has 50 valence electrons.